The summed E-state index contributed by atoms with van der Waals surface area (Å²) in [4.78, 5) is 4.74. The largest absolute Gasteiger partial charge is 1.00 e. The summed E-state index contributed by atoms with van der Waals surface area (Å²) in [5.74, 6) is 0. The van der Waals surface area contributed by atoms with Gasteiger partial charge in [0.25, 0.3) is 0 Å². The minimum Gasteiger partial charge on any atom is -1.00 e. The number of fused-ring (bicyclic) bond motifs is 5. The van der Waals surface area contributed by atoms with Gasteiger partial charge in [-0.2, -0.15) is 4.57 Å². The molecule has 3 heteroatoms. The average Bonchev–Trinajstić information content (AvgIpc) is 2.78. The Labute approximate surface area is 112 Å². The minimum absolute atomic E-state index is 0. The third-order valence-electron chi connectivity index (χ3n) is 3.36. The Kier molecular flexibility index (Phi) is 2.53. The standard InChI is InChI=1S/C15H11N2.ClH/c1-2-6-13-11(5-1)12-8-10-17-9-4-3-7-14(17)15(12)16-13;/h1-9H,10H2;1H/q+1;/p-1. The molecule has 0 saturated carbocycles. The summed E-state index contributed by atoms with van der Waals surface area (Å²) < 4.78 is 2.23. The number of benzene rings is 1. The van der Waals surface area contributed by atoms with Crippen molar-refractivity contribution in [2.45, 2.75) is 6.54 Å². The first kappa shape index (κ1) is 11.2. The van der Waals surface area contributed by atoms with Crippen LogP contribution in [0.15, 0.2) is 59.7 Å². The van der Waals surface area contributed by atoms with E-state index in [0.29, 0.717) is 0 Å². The second kappa shape index (κ2) is 4.07. The first-order chi connectivity index (χ1) is 8.43. The van der Waals surface area contributed by atoms with E-state index < -0.39 is 0 Å². The van der Waals surface area contributed by atoms with Crippen LogP contribution in [0.4, 0.5) is 5.69 Å². The van der Waals surface area contributed by atoms with Crippen LogP contribution in [0.5, 0.6) is 0 Å². The monoisotopic (exact) mass is 254 g/mol. The molecule has 2 aliphatic heterocycles. The molecule has 0 aliphatic carbocycles. The lowest BCUT2D eigenvalue weighted by molar-refractivity contribution is -0.688. The third-order valence-corrected chi connectivity index (χ3v) is 3.36. The van der Waals surface area contributed by atoms with Gasteiger partial charge in [-0.05, 0) is 18.2 Å². The number of rotatable bonds is 0. The van der Waals surface area contributed by atoms with Crippen molar-refractivity contribution in [3.63, 3.8) is 0 Å². The first-order valence-corrected chi connectivity index (χ1v) is 5.81. The topological polar surface area (TPSA) is 16.2 Å². The van der Waals surface area contributed by atoms with E-state index in [-0.39, 0.29) is 12.4 Å². The number of nitrogens with zero attached hydrogens (tertiary/aromatic N) is 2. The molecule has 0 fully saturated rings. The zero-order valence-electron chi connectivity index (χ0n) is 9.68. The van der Waals surface area contributed by atoms with Gasteiger partial charge >= 0.3 is 0 Å². The molecular formula is C15H11ClN2. The van der Waals surface area contributed by atoms with E-state index >= 15 is 0 Å². The molecule has 0 spiro atoms. The molecule has 2 nitrogen and oxygen atoms in total. The lowest BCUT2D eigenvalue weighted by atomic mass is 9.98. The molecule has 0 saturated heterocycles. The van der Waals surface area contributed by atoms with Gasteiger partial charge in [0.1, 0.15) is 5.71 Å². The van der Waals surface area contributed by atoms with Crippen LogP contribution in [0.25, 0.3) is 5.57 Å². The van der Waals surface area contributed by atoms with Gasteiger partial charge in [-0.25, -0.2) is 4.99 Å². The maximum atomic E-state index is 4.74. The Hall–Kier alpha value is -1.93. The van der Waals surface area contributed by atoms with Crippen LogP contribution in [0.1, 0.15) is 11.3 Å². The molecule has 88 valence electrons. The molecule has 18 heavy (non-hydrogen) atoms. The smallest absolute Gasteiger partial charge is 0.232 e. The summed E-state index contributed by atoms with van der Waals surface area (Å²) in [5, 5.41) is 0. The van der Waals surface area contributed by atoms with Crippen molar-refractivity contribution in [1.82, 2.24) is 0 Å². The van der Waals surface area contributed by atoms with E-state index in [1.54, 1.807) is 0 Å². The SMILES string of the molecule is C1=C2C(=Nc3ccccc32)c2cccc[n+]2C1.[Cl-]. The van der Waals surface area contributed by atoms with Gasteiger partial charge in [0, 0.05) is 23.3 Å². The zero-order valence-corrected chi connectivity index (χ0v) is 10.4. The molecule has 2 aliphatic rings. The van der Waals surface area contributed by atoms with Crippen LogP contribution in [0, 0.1) is 0 Å². The molecule has 0 unspecified atom stereocenters. The fourth-order valence-electron chi connectivity index (χ4n) is 2.55. The van der Waals surface area contributed by atoms with Crippen LogP contribution in [-0.4, -0.2) is 5.71 Å². The van der Waals surface area contributed by atoms with Crippen molar-refractivity contribution in [1.29, 1.82) is 0 Å². The Morgan fingerprint density at radius 1 is 1.00 bits per heavy atom. The Balaban J connectivity index is 0.000001000. The van der Waals surface area contributed by atoms with E-state index in [2.05, 4.69) is 53.2 Å². The van der Waals surface area contributed by atoms with Crippen LogP contribution in [0.3, 0.4) is 0 Å². The summed E-state index contributed by atoms with van der Waals surface area (Å²) in [5.41, 5.74) is 5.95. The fourth-order valence-corrected chi connectivity index (χ4v) is 2.55. The van der Waals surface area contributed by atoms with Gasteiger partial charge in [0.15, 0.2) is 12.7 Å². The van der Waals surface area contributed by atoms with Gasteiger partial charge in [-0.15, -0.1) is 0 Å². The van der Waals surface area contributed by atoms with E-state index in [4.69, 9.17) is 4.99 Å². The molecule has 0 atom stereocenters. The van der Waals surface area contributed by atoms with E-state index in [9.17, 15) is 0 Å². The molecule has 0 radical (unpaired) electrons. The number of halogens is 1. The lowest BCUT2D eigenvalue weighted by Crippen LogP contribution is -3.00. The number of para-hydroxylation sites is 1. The molecule has 3 heterocycles. The quantitative estimate of drug-likeness (QED) is 0.565. The van der Waals surface area contributed by atoms with Crippen molar-refractivity contribution < 1.29 is 17.0 Å². The molecule has 0 amide bonds. The Morgan fingerprint density at radius 2 is 1.83 bits per heavy atom. The van der Waals surface area contributed by atoms with Crippen molar-refractivity contribution in [2.75, 3.05) is 0 Å². The number of aliphatic imine (C=N–C) groups is 1. The van der Waals surface area contributed by atoms with Crippen molar-refractivity contribution >= 4 is 17.0 Å². The third kappa shape index (κ3) is 1.42. The van der Waals surface area contributed by atoms with Gasteiger partial charge in [-0.3, -0.25) is 0 Å². The zero-order chi connectivity index (χ0) is 11.2. The van der Waals surface area contributed by atoms with E-state index in [1.807, 2.05) is 6.07 Å². The Morgan fingerprint density at radius 3 is 2.78 bits per heavy atom. The van der Waals surface area contributed by atoms with E-state index in [1.165, 1.54) is 16.8 Å². The number of allylic oxidation sites excluding steroid dienone is 2. The van der Waals surface area contributed by atoms with Crippen molar-refractivity contribution in [3.8, 4) is 0 Å². The van der Waals surface area contributed by atoms with Crippen LogP contribution in [0.2, 0.25) is 0 Å². The summed E-state index contributed by atoms with van der Waals surface area (Å²) >= 11 is 0. The highest BCUT2D eigenvalue weighted by molar-refractivity contribution is 6.35. The lowest BCUT2D eigenvalue weighted by Gasteiger charge is -2.09. The predicted molar refractivity (Wildman–Crippen MR) is 67.3 cm³/mol. The molecule has 1 aromatic carbocycles. The predicted octanol–water partition coefficient (Wildman–Crippen LogP) is -0.490. The highest BCUT2D eigenvalue weighted by Crippen LogP contribution is 2.36. The van der Waals surface area contributed by atoms with Gasteiger partial charge in [0.05, 0.1) is 5.69 Å². The van der Waals surface area contributed by atoms with Crippen LogP contribution < -0.4 is 17.0 Å². The van der Waals surface area contributed by atoms with Gasteiger partial charge in [0.2, 0.25) is 5.69 Å². The van der Waals surface area contributed by atoms with E-state index in [0.717, 1.165) is 17.9 Å². The first-order valence-electron chi connectivity index (χ1n) is 5.81. The molecule has 1 aromatic heterocycles. The second-order valence-corrected chi connectivity index (χ2v) is 4.33. The summed E-state index contributed by atoms with van der Waals surface area (Å²) in [6, 6.07) is 14.6. The highest BCUT2D eigenvalue weighted by atomic mass is 35.5. The van der Waals surface area contributed by atoms with Gasteiger partial charge in [-0.1, -0.05) is 18.2 Å². The van der Waals surface area contributed by atoms with Crippen molar-refractivity contribution in [2.24, 2.45) is 4.99 Å². The maximum absolute atomic E-state index is 4.74. The van der Waals surface area contributed by atoms with Gasteiger partial charge < -0.3 is 12.4 Å². The Bertz CT molecular complexity index is 686. The normalized spacial score (nSPS) is 14.7. The maximum Gasteiger partial charge on any atom is 0.232 e. The number of hydrogen-bond donors (Lipinski definition) is 0. The number of hydrogen-bond acceptors (Lipinski definition) is 1. The molecule has 2 aromatic rings. The van der Waals surface area contributed by atoms with Crippen LogP contribution >= 0.6 is 0 Å². The average molecular weight is 255 g/mol. The van der Waals surface area contributed by atoms with Crippen molar-refractivity contribution in [3.05, 3.63) is 66.0 Å². The second-order valence-electron chi connectivity index (χ2n) is 4.33. The molecule has 0 bridgehead atoms. The fraction of sp³-hybridized carbons (Fsp3) is 0.0667. The molecule has 4 rings (SSSR count). The highest BCUT2D eigenvalue weighted by Gasteiger charge is 2.30. The minimum atomic E-state index is 0. The van der Waals surface area contributed by atoms with Crippen LogP contribution in [-0.2, 0) is 6.54 Å². The summed E-state index contributed by atoms with van der Waals surface area (Å²) in [7, 11) is 0. The summed E-state index contributed by atoms with van der Waals surface area (Å²) in [6.07, 6.45) is 4.37. The number of aromatic nitrogens is 1. The number of pyridine rings is 1. The molecule has 0 N–H and O–H groups in total. The summed E-state index contributed by atoms with van der Waals surface area (Å²) in [6.45, 7) is 0.929. The molecular weight excluding hydrogens is 244 g/mol.